The smallest absolute Gasteiger partial charge is 0.271 e. The fourth-order valence-corrected chi connectivity index (χ4v) is 2.40. The zero-order chi connectivity index (χ0) is 16.1. The standard InChI is InChI=1S/C16H19N5O2/c1-12-9-19-14(11-18-12)16(22)20-10-13-3-2-4-17-15(13)21-5-7-23-8-6-21/h2-4,9,11H,5-8,10H2,1H3,(H,20,22). The number of pyridine rings is 1. The molecule has 1 aliphatic rings. The van der Waals surface area contributed by atoms with Crippen LogP contribution < -0.4 is 10.2 Å². The fourth-order valence-electron chi connectivity index (χ4n) is 2.40. The number of aryl methyl sites for hydroxylation is 1. The summed E-state index contributed by atoms with van der Waals surface area (Å²) >= 11 is 0. The second-order valence-electron chi connectivity index (χ2n) is 5.31. The first-order valence-corrected chi connectivity index (χ1v) is 7.57. The molecule has 0 saturated carbocycles. The van der Waals surface area contributed by atoms with Gasteiger partial charge in [0.2, 0.25) is 0 Å². The van der Waals surface area contributed by atoms with E-state index in [-0.39, 0.29) is 5.91 Å². The van der Waals surface area contributed by atoms with Crippen LogP contribution in [0.15, 0.2) is 30.7 Å². The Hall–Kier alpha value is -2.54. The van der Waals surface area contributed by atoms with E-state index in [1.807, 2.05) is 19.1 Å². The molecule has 0 aromatic carbocycles. The van der Waals surface area contributed by atoms with E-state index in [0.29, 0.717) is 25.5 Å². The minimum Gasteiger partial charge on any atom is -0.378 e. The summed E-state index contributed by atoms with van der Waals surface area (Å²) in [5.41, 5.74) is 2.07. The van der Waals surface area contributed by atoms with Gasteiger partial charge in [-0.25, -0.2) is 9.97 Å². The second-order valence-corrected chi connectivity index (χ2v) is 5.31. The van der Waals surface area contributed by atoms with E-state index in [4.69, 9.17) is 4.74 Å². The number of carbonyl (C=O) groups is 1. The summed E-state index contributed by atoms with van der Waals surface area (Å²) in [5.74, 6) is 0.653. The highest BCUT2D eigenvalue weighted by atomic mass is 16.5. The third kappa shape index (κ3) is 3.81. The Morgan fingerprint density at radius 2 is 2.09 bits per heavy atom. The summed E-state index contributed by atoms with van der Waals surface area (Å²) in [7, 11) is 0. The molecule has 1 N–H and O–H groups in total. The summed E-state index contributed by atoms with van der Waals surface area (Å²) in [6.07, 6.45) is 4.83. The van der Waals surface area contributed by atoms with Crippen LogP contribution in [0.4, 0.5) is 5.82 Å². The van der Waals surface area contributed by atoms with Crippen LogP contribution in [0.5, 0.6) is 0 Å². The third-order valence-electron chi connectivity index (χ3n) is 3.63. The van der Waals surface area contributed by atoms with Crippen molar-refractivity contribution < 1.29 is 9.53 Å². The molecule has 0 aliphatic carbocycles. The van der Waals surface area contributed by atoms with E-state index in [1.165, 1.54) is 6.20 Å². The molecule has 1 saturated heterocycles. The summed E-state index contributed by atoms with van der Waals surface area (Å²) < 4.78 is 5.37. The van der Waals surface area contributed by atoms with E-state index in [9.17, 15) is 4.79 Å². The molecule has 2 aromatic rings. The first-order valence-electron chi connectivity index (χ1n) is 7.57. The monoisotopic (exact) mass is 313 g/mol. The van der Waals surface area contributed by atoms with Crippen LogP contribution in [-0.2, 0) is 11.3 Å². The molecule has 2 aromatic heterocycles. The van der Waals surface area contributed by atoms with Crippen LogP contribution in [0, 0.1) is 6.92 Å². The zero-order valence-corrected chi connectivity index (χ0v) is 13.0. The van der Waals surface area contributed by atoms with Gasteiger partial charge in [-0.1, -0.05) is 6.07 Å². The molecule has 3 rings (SSSR count). The predicted molar refractivity (Wildman–Crippen MR) is 85.2 cm³/mol. The molecule has 0 bridgehead atoms. The van der Waals surface area contributed by atoms with Gasteiger partial charge < -0.3 is 15.0 Å². The van der Waals surface area contributed by atoms with E-state index in [1.54, 1.807) is 12.4 Å². The Morgan fingerprint density at radius 3 is 2.83 bits per heavy atom. The lowest BCUT2D eigenvalue weighted by Crippen LogP contribution is -2.37. The van der Waals surface area contributed by atoms with Crippen LogP contribution >= 0.6 is 0 Å². The number of nitrogens with zero attached hydrogens (tertiary/aromatic N) is 4. The lowest BCUT2D eigenvalue weighted by atomic mass is 10.2. The molecule has 3 heterocycles. The van der Waals surface area contributed by atoms with Crippen LogP contribution in [0.3, 0.4) is 0 Å². The molecule has 7 nitrogen and oxygen atoms in total. The molecule has 1 aliphatic heterocycles. The maximum atomic E-state index is 12.1. The Balaban J connectivity index is 1.68. The molecule has 0 unspecified atom stereocenters. The van der Waals surface area contributed by atoms with E-state index < -0.39 is 0 Å². The molecule has 1 amide bonds. The lowest BCUT2D eigenvalue weighted by Gasteiger charge is -2.29. The maximum Gasteiger partial charge on any atom is 0.271 e. The fraction of sp³-hybridized carbons (Fsp3) is 0.375. The van der Waals surface area contributed by atoms with Crippen molar-refractivity contribution in [3.05, 3.63) is 47.7 Å². The first kappa shape index (κ1) is 15.4. The van der Waals surface area contributed by atoms with Gasteiger partial charge in [0.05, 0.1) is 25.1 Å². The third-order valence-corrected chi connectivity index (χ3v) is 3.63. The number of aromatic nitrogens is 3. The molecule has 1 fully saturated rings. The highest BCUT2D eigenvalue weighted by Crippen LogP contribution is 2.18. The molecule has 23 heavy (non-hydrogen) atoms. The Kier molecular flexibility index (Phi) is 4.77. The first-order chi connectivity index (χ1) is 11.2. The van der Waals surface area contributed by atoms with Gasteiger partial charge in [0.1, 0.15) is 11.5 Å². The predicted octanol–water partition coefficient (Wildman–Crippen LogP) is 0.947. The van der Waals surface area contributed by atoms with Crippen molar-refractivity contribution in [1.82, 2.24) is 20.3 Å². The average Bonchev–Trinajstić information content (AvgIpc) is 2.61. The highest BCUT2D eigenvalue weighted by Gasteiger charge is 2.16. The van der Waals surface area contributed by atoms with E-state index in [0.717, 1.165) is 30.2 Å². The van der Waals surface area contributed by atoms with Crippen LogP contribution in [0.25, 0.3) is 0 Å². The van der Waals surface area contributed by atoms with E-state index >= 15 is 0 Å². The van der Waals surface area contributed by atoms with Crippen molar-refractivity contribution in [3.8, 4) is 0 Å². The Morgan fingerprint density at radius 1 is 1.26 bits per heavy atom. The summed E-state index contributed by atoms with van der Waals surface area (Å²) in [5, 5.41) is 2.87. The normalized spacial score (nSPS) is 14.6. The van der Waals surface area contributed by atoms with Crippen molar-refractivity contribution in [2.45, 2.75) is 13.5 Å². The molecule has 0 spiro atoms. The zero-order valence-electron chi connectivity index (χ0n) is 13.0. The minimum atomic E-state index is -0.241. The van der Waals surface area contributed by atoms with Crippen molar-refractivity contribution in [2.75, 3.05) is 31.2 Å². The van der Waals surface area contributed by atoms with Gasteiger partial charge in [-0.2, -0.15) is 0 Å². The van der Waals surface area contributed by atoms with Crippen molar-refractivity contribution in [1.29, 1.82) is 0 Å². The number of rotatable bonds is 4. The van der Waals surface area contributed by atoms with Gasteiger partial charge in [-0.3, -0.25) is 9.78 Å². The van der Waals surface area contributed by atoms with Crippen LogP contribution in [0.1, 0.15) is 21.7 Å². The SMILES string of the molecule is Cc1cnc(C(=O)NCc2cccnc2N2CCOCC2)cn1. The molecule has 0 atom stereocenters. The summed E-state index contributed by atoms with van der Waals surface area (Å²) in [6, 6.07) is 3.84. The summed E-state index contributed by atoms with van der Waals surface area (Å²) in [4.78, 5) is 27.0. The van der Waals surface area contributed by atoms with E-state index in [2.05, 4.69) is 25.2 Å². The number of anilines is 1. The number of hydrogen-bond donors (Lipinski definition) is 1. The number of carbonyl (C=O) groups excluding carboxylic acids is 1. The van der Waals surface area contributed by atoms with Crippen molar-refractivity contribution in [2.24, 2.45) is 0 Å². The number of nitrogens with one attached hydrogen (secondary N) is 1. The number of amides is 1. The topological polar surface area (TPSA) is 80.2 Å². The molecular weight excluding hydrogens is 294 g/mol. The number of hydrogen-bond acceptors (Lipinski definition) is 6. The van der Waals surface area contributed by atoms with Crippen molar-refractivity contribution >= 4 is 11.7 Å². The largest absolute Gasteiger partial charge is 0.378 e. The van der Waals surface area contributed by atoms with Gasteiger partial charge in [-0.15, -0.1) is 0 Å². The lowest BCUT2D eigenvalue weighted by molar-refractivity contribution is 0.0945. The Bertz CT molecular complexity index is 668. The molecule has 0 radical (unpaired) electrons. The molecular formula is C16H19N5O2. The van der Waals surface area contributed by atoms with Crippen LogP contribution in [-0.4, -0.2) is 47.2 Å². The van der Waals surface area contributed by atoms with Gasteiger partial charge in [0.25, 0.3) is 5.91 Å². The minimum absolute atomic E-state index is 0.241. The second kappa shape index (κ2) is 7.15. The van der Waals surface area contributed by atoms with Gasteiger partial charge in [0, 0.05) is 37.6 Å². The maximum absolute atomic E-state index is 12.1. The number of ether oxygens (including phenoxy) is 1. The van der Waals surface area contributed by atoms with Crippen LogP contribution in [0.2, 0.25) is 0 Å². The van der Waals surface area contributed by atoms with Crippen molar-refractivity contribution in [3.63, 3.8) is 0 Å². The quantitative estimate of drug-likeness (QED) is 0.905. The van der Waals surface area contributed by atoms with Gasteiger partial charge >= 0.3 is 0 Å². The highest BCUT2D eigenvalue weighted by molar-refractivity contribution is 5.91. The average molecular weight is 313 g/mol. The number of morpholine rings is 1. The molecule has 120 valence electrons. The van der Waals surface area contributed by atoms with Gasteiger partial charge in [0.15, 0.2) is 0 Å². The Labute approximate surface area is 134 Å². The summed E-state index contributed by atoms with van der Waals surface area (Å²) in [6.45, 7) is 5.24. The molecule has 7 heteroatoms. The van der Waals surface area contributed by atoms with Gasteiger partial charge in [-0.05, 0) is 13.0 Å².